The minimum absolute atomic E-state index is 0.0869. The standard InChI is InChI=1S/C22H22N4O2S/c1-13(2)19-21(28)26-20(25-19)16-6-4-5-7-17(16)24-22(26)29-12-18(27)23-15-10-8-14(3)9-11-15/h4-11,13,19H,12H2,1-3H3,(H,23,27). The highest BCUT2D eigenvalue weighted by atomic mass is 32.2. The van der Waals surface area contributed by atoms with Crippen LogP contribution in [0.2, 0.25) is 0 Å². The molecule has 2 aromatic carbocycles. The molecule has 6 nitrogen and oxygen atoms in total. The predicted molar refractivity (Wildman–Crippen MR) is 118 cm³/mol. The van der Waals surface area contributed by atoms with E-state index in [4.69, 9.17) is 0 Å². The molecule has 0 radical (unpaired) electrons. The molecule has 1 unspecified atom stereocenters. The van der Waals surface area contributed by atoms with Gasteiger partial charge < -0.3 is 5.32 Å². The van der Waals surface area contributed by atoms with Crippen molar-refractivity contribution in [3.05, 3.63) is 59.7 Å². The molecule has 1 N–H and O–H groups in total. The summed E-state index contributed by atoms with van der Waals surface area (Å²) < 4.78 is 0. The Balaban J connectivity index is 1.54. The molecule has 0 saturated carbocycles. The van der Waals surface area contributed by atoms with Crippen molar-refractivity contribution in [3.63, 3.8) is 0 Å². The van der Waals surface area contributed by atoms with Gasteiger partial charge >= 0.3 is 0 Å². The summed E-state index contributed by atoms with van der Waals surface area (Å²) in [4.78, 5) is 36.3. The number of hydrogen-bond donors (Lipinski definition) is 1. The molecule has 2 aromatic rings. The Morgan fingerprint density at radius 3 is 2.62 bits per heavy atom. The van der Waals surface area contributed by atoms with Gasteiger partial charge in [-0.1, -0.05) is 55.4 Å². The van der Waals surface area contributed by atoms with Crippen molar-refractivity contribution in [2.45, 2.75) is 26.8 Å². The van der Waals surface area contributed by atoms with Gasteiger partial charge in [0.05, 0.1) is 11.4 Å². The maximum absolute atomic E-state index is 13.0. The molecule has 0 fully saturated rings. The van der Waals surface area contributed by atoms with Crippen LogP contribution in [0.15, 0.2) is 58.5 Å². The van der Waals surface area contributed by atoms with Crippen LogP contribution < -0.4 is 5.32 Å². The smallest absolute Gasteiger partial charge is 0.259 e. The van der Waals surface area contributed by atoms with Crippen LogP contribution in [0.25, 0.3) is 0 Å². The summed E-state index contributed by atoms with van der Waals surface area (Å²) in [6.45, 7) is 5.96. The zero-order valence-corrected chi connectivity index (χ0v) is 17.4. The number of thioether (sulfide) groups is 1. The molecule has 4 rings (SSSR count). The second-order valence-corrected chi connectivity index (χ2v) is 8.37. The number of benzene rings is 2. The van der Waals surface area contributed by atoms with Crippen molar-refractivity contribution in [1.82, 2.24) is 4.90 Å². The van der Waals surface area contributed by atoms with Crippen LogP contribution in [0.4, 0.5) is 11.4 Å². The van der Waals surface area contributed by atoms with E-state index in [0.717, 1.165) is 22.5 Å². The van der Waals surface area contributed by atoms with Crippen molar-refractivity contribution >= 4 is 46.0 Å². The highest BCUT2D eigenvalue weighted by Gasteiger charge is 2.42. The number of carbonyl (C=O) groups is 2. The van der Waals surface area contributed by atoms with Gasteiger partial charge in [0, 0.05) is 11.3 Å². The molecule has 0 saturated heterocycles. The third-order valence-corrected chi connectivity index (χ3v) is 5.74. The average molecular weight is 407 g/mol. The predicted octanol–water partition coefficient (Wildman–Crippen LogP) is 3.98. The lowest BCUT2D eigenvalue weighted by Crippen LogP contribution is -2.42. The van der Waals surface area contributed by atoms with Crippen molar-refractivity contribution in [2.75, 3.05) is 11.1 Å². The van der Waals surface area contributed by atoms with Gasteiger partial charge in [-0.05, 0) is 37.1 Å². The highest BCUT2D eigenvalue weighted by molar-refractivity contribution is 8.14. The normalized spacial score (nSPS) is 17.6. The maximum Gasteiger partial charge on any atom is 0.259 e. The van der Waals surface area contributed by atoms with E-state index < -0.39 is 6.04 Å². The van der Waals surface area contributed by atoms with Gasteiger partial charge in [-0.3, -0.25) is 14.6 Å². The molecule has 0 aliphatic carbocycles. The van der Waals surface area contributed by atoms with Crippen LogP contribution in [-0.2, 0) is 9.59 Å². The fourth-order valence-corrected chi connectivity index (χ4v) is 4.07. The minimum atomic E-state index is -0.427. The first kappa shape index (κ1) is 19.4. The minimum Gasteiger partial charge on any atom is -0.325 e. The van der Waals surface area contributed by atoms with Crippen molar-refractivity contribution in [3.8, 4) is 0 Å². The van der Waals surface area contributed by atoms with E-state index in [-0.39, 0.29) is 23.5 Å². The zero-order valence-electron chi connectivity index (χ0n) is 16.5. The van der Waals surface area contributed by atoms with Crippen molar-refractivity contribution in [2.24, 2.45) is 15.9 Å². The van der Waals surface area contributed by atoms with Crippen LogP contribution in [0.5, 0.6) is 0 Å². The molecule has 2 aliphatic rings. The van der Waals surface area contributed by atoms with Gasteiger partial charge in [-0.15, -0.1) is 0 Å². The first-order chi connectivity index (χ1) is 13.9. The van der Waals surface area contributed by atoms with Crippen molar-refractivity contribution in [1.29, 1.82) is 0 Å². The molecule has 2 heterocycles. The molecule has 1 atom stereocenters. The maximum atomic E-state index is 13.0. The number of amidine groups is 2. The lowest BCUT2D eigenvalue weighted by atomic mass is 10.1. The van der Waals surface area contributed by atoms with Gasteiger partial charge in [0.1, 0.15) is 11.9 Å². The lowest BCUT2D eigenvalue weighted by Gasteiger charge is -2.25. The first-order valence-electron chi connectivity index (χ1n) is 9.53. The topological polar surface area (TPSA) is 74.1 Å². The number of anilines is 1. The van der Waals surface area contributed by atoms with E-state index in [1.54, 1.807) is 4.90 Å². The van der Waals surface area contributed by atoms with Gasteiger partial charge in [-0.2, -0.15) is 0 Å². The number of nitrogens with one attached hydrogen (secondary N) is 1. The molecule has 0 bridgehead atoms. The van der Waals surface area contributed by atoms with E-state index in [0.29, 0.717) is 11.0 Å². The van der Waals surface area contributed by atoms with E-state index in [1.165, 1.54) is 11.8 Å². The van der Waals surface area contributed by atoms with E-state index in [1.807, 2.05) is 69.3 Å². The Morgan fingerprint density at radius 1 is 1.17 bits per heavy atom. The summed E-state index contributed by atoms with van der Waals surface area (Å²) in [7, 11) is 0. The lowest BCUT2D eigenvalue weighted by molar-refractivity contribution is -0.125. The second kappa shape index (κ2) is 7.83. The SMILES string of the molecule is Cc1ccc(NC(=O)CSC2=Nc3ccccc3C3=NC(C(C)C)C(=O)N23)cc1. The number of aliphatic imine (C=N–C) groups is 2. The monoisotopic (exact) mass is 406 g/mol. The summed E-state index contributed by atoms with van der Waals surface area (Å²) in [6.07, 6.45) is 0. The van der Waals surface area contributed by atoms with Crippen LogP contribution >= 0.6 is 11.8 Å². The van der Waals surface area contributed by atoms with Crippen LogP contribution in [0.1, 0.15) is 25.0 Å². The average Bonchev–Trinajstić information content (AvgIpc) is 3.06. The third kappa shape index (κ3) is 3.82. The largest absolute Gasteiger partial charge is 0.325 e. The molecular weight excluding hydrogens is 384 g/mol. The zero-order chi connectivity index (χ0) is 20.5. The molecule has 7 heteroatoms. The number of aryl methyl sites for hydroxylation is 1. The second-order valence-electron chi connectivity index (χ2n) is 7.43. The van der Waals surface area contributed by atoms with Crippen LogP contribution in [-0.4, -0.2) is 39.5 Å². The Bertz CT molecular complexity index is 1030. The number of hydrogen-bond acceptors (Lipinski definition) is 5. The molecule has 0 aromatic heterocycles. The molecule has 29 heavy (non-hydrogen) atoms. The summed E-state index contributed by atoms with van der Waals surface area (Å²) >= 11 is 1.25. The molecule has 2 amide bonds. The van der Waals surface area contributed by atoms with Gasteiger partial charge in [0.2, 0.25) is 5.91 Å². The Hall–Kier alpha value is -2.93. The summed E-state index contributed by atoms with van der Waals surface area (Å²) in [5.74, 6) is 0.628. The van der Waals surface area contributed by atoms with Crippen LogP contribution in [0.3, 0.4) is 0 Å². The molecule has 0 spiro atoms. The fourth-order valence-electron chi connectivity index (χ4n) is 3.26. The number of fused-ring (bicyclic) bond motifs is 3. The number of rotatable bonds is 4. The fraction of sp³-hybridized carbons (Fsp3) is 0.273. The molecular formula is C22H22N4O2S. The highest BCUT2D eigenvalue weighted by Crippen LogP contribution is 2.34. The first-order valence-corrected chi connectivity index (χ1v) is 10.5. The third-order valence-electron chi connectivity index (χ3n) is 4.80. The van der Waals surface area contributed by atoms with Gasteiger partial charge in [-0.25, -0.2) is 9.89 Å². The summed E-state index contributed by atoms with van der Waals surface area (Å²) in [6, 6.07) is 14.8. The Morgan fingerprint density at radius 2 is 1.90 bits per heavy atom. The van der Waals surface area contributed by atoms with Gasteiger partial charge in [0.25, 0.3) is 5.91 Å². The summed E-state index contributed by atoms with van der Waals surface area (Å²) in [5, 5.41) is 3.37. The Kier molecular flexibility index (Phi) is 5.24. The molecule has 148 valence electrons. The van der Waals surface area contributed by atoms with E-state index >= 15 is 0 Å². The van der Waals surface area contributed by atoms with Crippen LogP contribution in [0, 0.1) is 12.8 Å². The Labute approximate surface area is 174 Å². The van der Waals surface area contributed by atoms with Gasteiger partial charge in [0.15, 0.2) is 5.17 Å². The molecule has 2 aliphatic heterocycles. The van der Waals surface area contributed by atoms with Crippen molar-refractivity contribution < 1.29 is 9.59 Å². The number of carbonyl (C=O) groups excluding carboxylic acids is 2. The van der Waals surface area contributed by atoms with E-state index in [2.05, 4.69) is 15.3 Å². The quantitative estimate of drug-likeness (QED) is 0.835. The number of amides is 2. The summed E-state index contributed by atoms with van der Waals surface area (Å²) in [5.41, 5.74) is 3.49. The number of nitrogens with zero attached hydrogens (tertiary/aromatic N) is 3. The number of para-hydroxylation sites is 1. The van der Waals surface area contributed by atoms with E-state index in [9.17, 15) is 9.59 Å².